The molecule has 2 aromatic heterocycles. The number of carbonyl (C=O) groups is 1. The average Bonchev–Trinajstić information content (AvgIpc) is 3.11. The molecule has 2 heterocycles. The molecule has 4 rings (SSSR count). The summed E-state index contributed by atoms with van der Waals surface area (Å²) >= 11 is 6.47. The molecule has 0 amide bonds. The van der Waals surface area contributed by atoms with Crippen molar-refractivity contribution < 1.29 is 4.79 Å². The maximum atomic E-state index is 11.0. The molecule has 0 unspecified atom stereocenters. The number of carbonyl (C=O) groups excluding carboxylic acids is 1. The van der Waals surface area contributed by atoms with E-state index in [4.69, 9.17) is 17.3 Å². The van der Waals surface area contributed by atoms with E-state index >= 15 is 0 Å². The Morgan fingerprint density at radius 2 is 1.64 bits per heavy atom. The monoisotopic (exact) mass is 387 g/mol. The molecule has 138 valence electrons. The van der Waals surface area contributed by atoms with E-state index in [1.165, 1.54) is 0 Å². The third-order valence-corrected chi connectivity index (χ3v) is 4.95. The van der Waals surface area contributed by atoms with Gasteiger partial charge in [-0.05, 0) is 35.9 Å². The van der Waals surface area contributed by atoms with Crippen molar-refractivity contribution in [3.8, 4) is 22.5 Å². The highest BCUT2D eigenvalue weighted by Gasteiger charge is 2.15. The fourth-order valence-corrected chi connectivity index (χ4v) is 3.51. The lowest BCUT2D eigenvalue weighted by atomic mass is 10.1. The summed E-state index contributed by atoms with van der Waals surface area (Å²) in [6, 6.07) is 25.0. The molecule has 0 saturated carbocycles. The highest BCUT2D eigenvalue weighted by atomic mass is 35.5. The number of nitrogen functional groups attached to an aromatic ring is 1. The summed E-state index contributed by atoms with van der Waals surface area (Å²) in [7, 11) is 0. The van der Waals surface area contributed by atoms with Gasteiger partial charge in [-0.2, -0.15) is 0 Å². The van der Waals surface area contributed by atoms with Gasteiger partial charge in [0.2, 0.25) is 0 Å². The number of halogens is 1. The van der Waals surface area contributed by atoms with Crippen molar-refractivity contribution in [2.75, 3.05) is 5.73 Å². The number of anilines is 1. The molecule has 2 N–H and O–H groups in total. The van der Waals surface area contributed by atoms with Crippen LogP contribution in [0.5, 0.6) is 0 Å². The quantitative estimate of drug-likeness (QED) is 0.472. The molecule has 2 aromatic carbocycles. The summed E-state index contributed by atoms with van der Waals surface area (Å²) in [6.45, 7) is 0.545. The van der Waals surface area contributed by atoms with Crippen molar-refractivity contribution in [3.05, 3.63) is 95.1 Å². The number of pyridine rings is 1. The second-order valence-electron chi connectivity index (χ2n) is 6.46. The van der Waals surface area contributed by atoms with Crippen molar-refractivity contribution in [2.24, 2.45) is 0 Å². The van der Waals surface area contributed by atoms with Gasteiger partial charge in [0.15, 0.2) is 0 Å². The lowest BCUT2D eigenvalue weighted by Crippen LogP contribution is -2.06. The Bertz CT molecular complexity index is 1130. The summed E-state index contributed by atoms with van der Waals surface area (Å²) in [5.41, 5.74) is 11.3. The summed E-state index contributed by atoms with van der Waals surface area (Å²) in [4.78, 5) is 15.4. The van der Waals surface area contributed by atoms with Crippen LogP contribution in [0, 0.1) is 0 Å². The predicted molar refractivity (Wildman–Crippen MR) is 113 cm³/mol. The third-order valence-electron chi connectivity index (χ3n) is 4.62. The number of rotatable bonds is 5. The van der Waals surface area contributed by atoms with E-state index in [1.807, 2.05) is 60.7 Å². The second-order valence-corrected chi connectivity index (χ2v) is 6.87. The van der Waals surface area contributed by atoms with Crippen molar-refractivity contribution in [1.29, 1.82) is 0 Å². The van der Waals surface area contributed by atoms with Gasteiger partial charge in [0.1, 0.15) is 12.1 Å². The van der Waals surface area contributed by atoms with Crippen LogP contribution >= 0.6 is 11.6 Å². The van der Waals surface area contributed by atoms with Gasteiger partial charge >= 0.3 is 0 Å². The van der Waals surface area contributed by atoms with Crippen molar-refractivity contribution in [1.82, 2.24) is 9.55 Å². The predicted octanol–water partition coefficient (Wildman–Crippen LogP) is 5.31. The van der Waals surface area contributed by atoms with Gasteiger partial charge in [0.25, 0.3) is 0 Å². The Morgan fingerprint density at radius 3 is 2.36 bits per heavy atom. The Morgan fingerprint density at radius 1 is 0.893 bits per heavy atom. The maximum Gasteiger partial charge on any atom is 0.150 e. The minimum atomic E-state index is 0.487. The number of aromatic nitrogens is 2. The Balaban J connectivity index is 1.86. The van der Waals surface area contributed by atoms with E-state index < -0.39 is 0 Å². The molecule has 0 aliphatic rings. The van der Waals surface area contributed by atoms with Gasteiger partial charge in [-0.15, -0.1) is 0 Å². The summed E-state index contributed by atoms with van der Waals surface area (Å²) in [6.07, 6.45) is 0.842. The number of hydrogen-bond donors (Lipinski definition) is 1. The lowest BCUT2D eigenvalue weighted by molar-refractivity contribution is 0.112. The minimum absolute atomic E-state index is 0.487. The summed E-state index contributed by atoms with van der Waals surface area (Å²) in [5, 5.41) is 0.685. The van der Waals surface area contributed by atoms with Gasteiger partial charge < -0.3 is 10.3 Å². The van der Waals surface area contributed by atoms with Crippen LogP contribution in [0.4, 0.5) is 5.82 Å². The first kappa shape index (κ1) is 18.0. The smallest absolute Gasteiger partial charge is 0.150 e. The van der Waals surface area contributed by atoms with E-state index in [0.717, 1.165) is 34.5 Å². The molecule has 28 heavy (non-hydrogen) atoms. The van der Waals surface area contributed by atoms with Crippen molar-refractivity contribution in [3.63, 3.8) is 0 Å². The van der Waals surface area contributed by atoms with E-state index in [9.17, 15) is 4.79 Å². The maximum absolute atomic E-state index is 11.0. The van der Waals surface area contributed by atoms with E-state index in [1.54, 1.807) is 6.07 Å². The molecule has 0 bridgehead atoms. The Hall–Kier alpha value is -3.37. The topological polar surface area (TPSA) is 60.9 Å². The van der Waals surface area contributed by atoms with Crippen LogP contribution in [0.15, 0.2) is 78.9 Å². The van der Waals surface area contributed by atoms with Gasteiger partial charge in [0, 0.05) is 21.8 Å². The van der Waals surface area contributed by atoms with Gasteiger partial charge in [-0.25, -0.2) is 4.98 Å². The second kappa shape index (κ2) is 7.71. The first-order chi connectivity index (χ1) is 13.7. The number of hydrogen-bond acceptors (Lipinski definition) is 3. The van der Waals surface area contributed by atoms with Gasteiger partial charge in [-0.1, -0.05) is 60.1 Å². The van der Waals surface area contributed by atoms with E-state index in [-0.39, 0.29) is 0 Å². The van der Waals surface area contributed by atoms with E-state index in [2.05, 4.69) is 21.7 Å². The third kappa shape index (κ3) is 3.55. The normalized spacial score (nSPS) is 10.8. The SMILES string of the molecule is Nc1cccc(Cn2c(-c3ccc(C=O)cc3)ccc2-c2ccccc2Cl)n1. The zero-order valence-electron chi connectivity index (χ0n) is 15.0. The lowest BCUT2D eigenvalue weighted by Gasteiger charge is -2.15. The Labute approximate surface area is 168 Å². The van der Waals surface area contributed by atoms with E-state index in [0.29, 0.717) is 22.9 Å². The molecule has 0 fully saturated rings. The molecule has 0 saturated heterocycles. The Kier molecular flexibility index (Phi) is 4.96. The molecule has 5 heteroatoms. The number of benzene rings is 2. The molecule has 0 aliphatic carbocycles. The van der Waals surface area contributed by atoms with Crippen LogP contribution in [0.2, 0.25) is 5.02 Å². The molecule has 0 radical (unpaired) electrons. The van der Waals surface area contributed by atoms with Crippen LogP contribution in [0.25, 0.3) is 22.5 Å². The largest absolute Gasteiger partial charge is 0.384 e. The van der Waals surface area contributed by atoms with Gasteiger partial charge in [-0.3, -0.25) is 4.79 Å². The zero-order chi connectivity index (χ0) is 19.5. The van der Waals surface area contributed by atoms with Crippen molar-refractivity contribution >= 4 is 23.7 Å². The molecule has 0 atom stereocenters. The molecular weight excluding hydrogens is 370 g/mol. The standard InChI is InChI=1S/C23H18ClN3O/c24-20-6-2-1-5-19(20)22-13-12-21(17-10-8-16(15-28)9-11-17)27(22)14-18-4-3-7-23(25)26-18/h1-13,15H,14H2,(H2,25,26). The number of aldehydes is 1. The van der Waals surface area contributed by atoms with Crippen LogP contribution in [0.1, 0.15) is 16.1 Å². The van der Waals surface area contributed by atoms with Crippen LogP contribution in [0.3, 0.4) is 0 Å². The average molecular weight is 388 g/mol. The summed E-state index contributed by atoms with van der Waals surface area (Å²) in [5.74, 6) is 0.487. The number of nitrogens with zero attached hydrogens (tertiary/aromatic N) is 2. The molecule has 0 aliphatic heterocycles. The first-order valence-corrected chi connectivity index (χ1v) is 9.25. The van der Waals surface area contributed by atoms with Crippen LogP contribution in [-0.4, -0.2) is 15.8 Å². The minimum Gasteiger partial charge on any atom is -0.384 e. The zero-order valence-corrected chi connectivity index (χ0v) is 15.8. The highest BCUT2D eigenvalue weighted by molar-refractivity contribution is 6.33. The van der Waals surface area contributed by atoms with Crippen molar-refractivity contribution in [2.45, 2.75) is 6.54 Å². The summed E-state index contributed by atoms with van der Waals surface area (Å²) < 4.78 is 2.17. The first-order valence-electron chi connectivity index (χ1n) is 8.87. The number of nitrogens with two attached hydrogens (primary N) is 1. The van der Waals surface area contributed by atoms with Gasteiger partial charge in [0.05, 0.1) is 17.9 Å². The molecule has 4 aromatic rings. The van der Waals surface area contributed by atoms with Crippen LogP contribution in [-0.2, 0) is 6.54 Å². The highest BCUT2D eigenvalue weighted by Crippen LogP contribution is 2.33. The molecular formula is C23H18ClN3O. The fourth-order valence-electron chi connectivity index (χ4n) is 3.27. The molecule has 4 nitrogen and oxygen atoms in total. The molecule has 0 spiro atoms. The van der Waals surface area contributed by atoms with Crippen LogP contribution < -0.4 is 5.73 Å². The fraction of sp³-hybridized carbons (Fsp3) is 0.0435.